The Balaban J connectivity index is 1.51. The zero-order valence-corrected chi connectivity index (χ0v) is 19.6. The second-order valence-corrected chi connectivity index (χ2v) is 10.1. The van der Waals surface area contributed by atoms with Gasteiger partial charge in [0, 0.05) is 39.3 Å². The van der Waals surface area contributed by atoms with Crippen LogP contribution in [0.5, 0.6) is 0 Å². The second kappa shape index (κ2) is 8.95. The van der Waals surface area contributed by atoms with Crippen molar-refractivity contribution < 1.29 is 22.7 Å². The number of hydrogen-bond acceptors (Lipinski definition) is 6. The van der Waals surface area contributed by atoms with Crippen molar-refractivity contribution in [2.24, 2.45) is 0 Å². The van der Waals surface area contributed by atoms with Gasteiger partial charge in [0.25, 0.3) is 0 Å². The van der Waals surface area contributed by atoms with E-state index in [9.17, 15) is 18.0 Å². The monoisotopic (exact) mass is 470 g/mol. The van der Waals surface area contributed by atoms with Gasteiger partial charge in [0.2, 0.25) is 15.9 Å². The lowest BCUT2D eigenvalue weighted by molar-refractivity contribution is -0.117. The van der Waals surface area contributed by atoms with Crippen LogP contribution in [-0.2, 0) is 32.7 Å². The number of benzene rings is 2. The number of fused-ring (bicyclic) bond motifs is 1. The number of amides is 1. The van der Waals surface area contributed by atoms with E-state index in [1.165, 1.54) is 20.2 Å². The van der Waals surface area contributed by atoms with Crippen molar-refractivity contribution in [3.63, 3.8) is 0 Å². The maximum absolute atomic E-state index is 12.6. The average Bonchev–Trinajstić information content (AvgIpc) is 3.39. The number of anilines is 1. The van der Waals surface area contributed by atoms with Crippen LogP contribution in [0.2, 0.25) is 0 Å². The maximum Gasteiger partial charge on any atom is 0.338 e. The molecule has 1 amide bonds. The lowest BCUT2D eigenvalue weighted by Gasteiger charge is -2.15. The first-order chi connectivity index (χ1) is 15.7. The lowest BCUT2D eigenvalue weighted by atomic mass is 10.2. The Bertz CT molecular complexity index is 1310. The number of carbonyl (C=O) groups is 2. The number of aromatic nitrogens is 2. The van der Waals surface area contributed by atoms with Crippen LogP contribution in [0.1, 0.15) is 35.9 Å². The third kappa shape index (κ3) is 4.36. The van der Waals surface area contributed by atoms with Crippen molar-refractivity contribution in [1.82, 2.24) is 13.9 Å². The summed E-state index contributed by atoms with van der Waals surface area (Å²) in [6.45, 7) is 3.16. The lowest BCUT2D eigenvalue weighted by Crippen LogP contribution is -2.23. The molecule has 2 heterocycles. The van der Waals surface area contributed by atoms with E-state index in [-0.39, 0.29) is 17.4 Å². The number of sulfonamides is 1. The van der Waals surface area contributed by atoms with E-state index in [2.05, 4.69) is 4.98 Å². The van der Waals surface area contributed by atoms with Crippen LogP contribution in [0.25, 0.3) is 11.0 Å². The van der Waals surface area contributed by atoms with Crippen molar-refractivity contribution in [3.05, 3.63) is 53.9 Å². The molecule has 3 aromatic rings. The van der Waals surface area contributed by atoms with E-state index in [0.29, 0.717) is 36.4 Å². The molecule has 1 aromatic heterocycles. The van der Waals surface area contributed by atoms with Crippen molar-refractivity contribution in [2.45, 2.75) is 37.8 Å². The summed E-state index contributed by atoms with van der Waals surface area (Å²) in [7, 11) is -0.626. The molecular formula is C23H26N4O5S. The zero-order chi connectivity index (χ0) is 23.8. The van der Waals surface area contributed by atoms with Gasteiger partial charge in [-0.05, 0) is 55.8 Å². The first kappa shape index (κ1) is 22.9. The SMILES string of the molecule is CCn1c(COC(=O)c2ccc(N3CCCC3=O)cc2)nc2cc(S(=O)(=O)N(C)C)ccc21. The number of nitrogens with zero attached hydrogens (tertiary/aromatic N) is 4. The van der Waals surface area contributed by atoms with Crippen LogP contribution in [0.4, 0.5) is 5.69 Å². The van der Waals surface area contributed by atoms with E-state index >= 15 is 0 Å². The zero-order valence-electron chi connectivity index (χ0n) is 18.8. The Morgan fingerprint density at radius 1 is 1.15 bits per heavy atom. The Labute approximate surface area is 192 Å². The first-order valence-electron chi connectivity index (χ1n) is 10.7. The van der Waals surface area contributed by atoms with Gasteiger partial charge in [-0.1, -0.05) is 0 Å². The van der Waals surface area contributed by atoms with Crippen LogP contribution >= 0.6 is 0 Å². The molecule has 2 aromatic carbocycles. The van der Waals surface area contributed by atoms with Crippen molar-refractivity contribution in [2.75, 3.05) is 25.5 Å². The van der Waals surface area contributed by atoms with Gasteiger partial charge in [-0.15, -0.1) is 0 Å². The number of rotatable bonds is 7. The molecule has 1 aliphatic rings. The molecule has 0 aliphatic carbocycles. The molecule has 0 radical (unpaired) electrons. The molecular weight excluding hydrogens is 444 g/mol. The number of ether oxygens (including phenoxy) is 1. The van der Waals surface area contributed by atoms with Gasteiger partial charge < -0.3 is 14.2 Å². The van der Waals surface area contributed by atoms with Crippen LogP contribution in [-0.4, -0.2) is 54.8 Å². The third-order valence-electron chi connectivity index (χ3n) is 5.71. The van der Waals surface area contributed by atoms with Gasteiger partial charge in [0.15, 0.2) is 0 Å². The topological polar surface area (TPSA) is 102 Å². The van der Waals surface area contributed by atoms with Crippen LogP contribution in [0.3, 0.4) is 0 Å². The van der Waals surface area contributed by atoms with Crippen LogP contribution in [0, 0.1) is 0 Å². The second-order valence-electron chi connectivity index (χ2n) is 7.98. The van der Waals surface area contributed by atoms with Crippen LogP contribution in [0.15, 0.2) is 47.4 Å². The molecule has 10 heteroatoms. The van der Waals surface area contributed by atoms with E-state index in [1.807, 2.05) is 11.5 Å². The van der Waals surface area contributed by atoms with E-state index in [4.69, 9.17) is 4.74 Å². The molecule has 0 N–H and O–H groups in total. The molecule has 1 saturated heterocycles. The van der Waals surface area contributed by atoms with Crippen molar-refractivity contribution in [3.8, 4) is 0 Å². The summed E-state index contributed by atoms with van der Waals surface area (Å²) in [5.41, 5.74) is 2.43. The third-order valence-corrected chi connectivity index (χ3v) is 7.53. The standard InChI is InChI=1S/C23H26N4O5S/c1-4-26-20-12-11-18(33(30,31)25(2)3)14-19(20)24-21(26)15-32-23(29)16-7-9-17(10-8-16)27-13-5-6-22(27)28/h7-12,14H,4-6,13,15H2,1-3H3. The summed E-state index contributed by atoms with van der Waals surface area (Å²) < 4.78 is 33.4. The highest BCUT2D eigenvalue weighted by atomic mass is 32.2. The average molecular weight is 471 g/mol. The molecule has 0 bridgehead atoms. The van der Waals surface area contributed by atoms with Gasteiger partial charge in [0.05, 0.1) is 21.5 Å². The van der Waals surface area contributed by atoms with Crippen molar-refractivity contribution in [1.29, 1.82) is 0 Å². The first-order valence-corrected chi connectivity index (χ1v) is 12.2. The van der Waals surface area contributed by atoms with Crippen LogP contribution < -0.4 is 4.90 Å². The molecule has 9 nitrogen and oxygen atoms in total. The maximum atomic E-state index is 12.6. The highest BCUT2D eigenvalue weighted by molar-refractivity contribution is 7.89. The van der Waals surface area contributed by atoms with Gasteiger partial charge >= 0.3 is 5.97 Å². The molecule has 1 aliphatic heterocycles. The molecule has 0 saturated carbocycles. The number of esters is 1. The minimum Gasteiger partial charge on any atom is -0.454 e. The molecule has 33 heavy (non-hydrogen) atoms. The normalized spacial score (nSPS) is 14.4. The molecule has 1 fully saturated rings. The van der Waals surface area contributed by atoms with E-state index in [1.54, 1.807) is 41.3 Å². The van der Waals surface area contributed by atoms with Gasteiger partial charge in [-0.2, -0.15) is 0 Å². The number of hydrogen-bond donors (Lipinski definition) is 0. The van der Waals surface area contributed by atoms with E-state index < -0.39 is 16.0 Å². The summed E-state index contributed by atoms with van der Waals surface area (Å²) >= 11 is 0. The van der Waals surface area contributed by atoms with Gasteiger partial charge in [-0.25, -0.2) is 22.5 Å². The largest absolute Gasteiger partial charge is 0.454 e. The quantitative estimate of drug-likeness (QED) is 0.492. The fourth-order valence-corrected chi connectivity index (χ4v) is 4.83. The van der Waals surface area contributed by atoms with Gasteiger partial charge in [-0.3, -0.25) is 4.79 Å². The number of imidazole rings is 1. The Hall–Kier alpha value is -3.24. The molecule has 4 rings (SSSR count). The fraction of sp³-hybridized carbons (Fsp3) is 0.348. The predicted octanol–water partition coefficient (Wildman–Crippen LogP) is 2.79. The van der Waals surface area contributed by atoms with Crippen molar-refractivity contribution >= 4 is 38.6 Å². The summed E-state index contributed by atoms with van der Waals surface area (Å²) in [5.74, 6) is 0.116. The van der Waals surface area contributed by atoms with E-state index in [0.717, 1.165) is 21.9 Å². The Kier molecular flexibility index (Phi) is 6.22. The molecule has 0 atom stereocenters. The fourth-order valence-electron chi connectivity index (χ4n) is 3.91. The minimum absolute atomic E-state index is 0.0521. The summed E-state index contributed by atoms with van der Waals surface area (Å²) in [5, 5.41) is 0. The highest BCUT2D eigenvalue weighted by Crippen LogP contribution is 2.24. The smallest absolute Gasteiger partial charge is 0.338 e. The summed E-state index contributed by atoms with van der Waals surface area (Å²) in [6, 6.07) is 11.6. The minimum atomic E-state index is -3.58. The number of aryl methyl sites for hydroxylation is 1. The Morgan fingerprint density at radius 3 is 2.48 bits per heavy atom. The highest BCUT2D eigenvalue weighted by Gasteiger charge is 2.22. The number of carbonyl (C=O) groups excluding carboxylic acids is 2. The Morgan fingerprint density at radius 2 is 1.88 bits per heavy atom. The predicted molar refractivity (Wildman–Crippen MR) is 123 cm³/mol. The summed E-state index contributed by atoms with van der Waals surface area (Å²) in [6.07, 6.45) is 1.38. The molecule has 0 unspecified atom stereocenters. The molecule has 174 valence electrons. The summed E-state index contributed by atoms with van der Waals surface area (Å²) in [4.78, 5) is 30.8. The van der Waals surface area contributed by atoms with Gasteiger partial charge in [0.1, 0.15) is 12.4 Å². The molecule has 0 spiro atoms.